The van der Waals surface area contributed by atoms with E-state index in [0.717, 1.165) is 16.8 Å². The molecule has 2 aromatic heterocycles. The number of anilines is 1. The Hall–Kier alpha value is -1.42. The standard InChI is InChI=1S/C14H16BrN3/c1-14(2,11-5-7-16-8-6-11)10-18-13-4-3-12(15)9-17-13/h3-9H,10H2,1-2H3,(H,17,18). The number of halogens is 1. The first kappa shape index (κ1) is 13.0. The molecule has 0 aliphatic rings. The van der Waals surface area contributed by atoms with Crippen LogP contribution in [0, 0.1) is 0 Å². The van der Waals surface area contributed by atoms with Gasteiger partial charge in [0.2, 0.25) is 0 Å². The first-order chi connectivity index (χ1) is 8.58. The van der Waals surface area contributed by atoms with Gasteiger partial charge < -0.3 is 5.32 Å². The van der Waals surface area contributed by atoms with Crippen molar-refractivity contribution >= 4 is 21.7 Å². The molecule has 0 bridgehead atoms. The topological polar surface area (TPSA) is 37.8 Å². The SMILES string of the molecule is CC(C)(CNc1ccc(Br)cn1)c1ccncc1. The van der Waals surface area contributed by atoms with Gasteiger partial charge in [-0.2, -0.15) is 0 Å². The predicted octanol–water partition coefficient (Wildman–Crippen LogP) is 3.63. The molecule has 3 nitrogen and oxygen atoms in total. The zero-order valence-electron chi connectivity index (χ0n) is 10.5. The summed E-state index contributed by atoms with van der Waals surface area (Å²) in [5, 5.41) is 3.36. The molecule has 0 atom stereocenters. The molecule has 0 saturated carbocycles. The van der Waals surface area contributed by atoms with Crippen LogP contribution in [0.25, 0.3) is 0 Å². The van der Waals surface area contributed by atoms with Crippen molar-refractivity contribution in [2.75, 3.05) is 11.9 Å². The molecule has 0 aliphatic heterocycles. The molecule has 0 radical (unpaired) electrons. The minimum atomic E-state index is 0.0394. The van der Waals surface area contributed by atoms with E-state index in [2.05, 4.69) is 57.2 Å². The van der Waals surface area contributed by atoms with Gasteiger partial charge >= 0.3 is 0 Å². The van der Waals surface area contributed by atoms with Crippen molar-refractivity contribution in [2.45, 2.75) is 19.3 Å². The maximum atomic E-state index is 4.30. The Morgan fingerprint density at radius 2 is 1.89 bits per heavy atom. The van der Waals surface area contributed by atoms with Gasteiger partial charge in [0.1, 0.15) is 5.82 Å². The molecule has 0 amide bonds. The van der Waals surface area contributed by atoms with Crippen molar-refractivity contribution in [1.82, 2.24) is 9.97 Å². The second kappa shape index (κ2) is 5.48. The zero-order chi connectivity index (χ0) is 13.0. The van der Waals surface area contributed by atoms with Crippen LogP contribution in [0.5, 0.6) is 0 Å². The Kier molecular flexibility index (Phi) is 3.97. The summed E-state index contributed by atoms with van der Waals surface area (Å²) in [6.45, 7) is 5.23. The number of rotatable bonds is 4. The summed E-state index contributed by atoms with van der Waals surface area (Å²) >= 11 is 3.38. The Morgan fingerprint density at radius 1 is 1.17 bits per heavy atom. The molecule has 0 unspecified atom stereocenters. The van der Waals surface area contributed by atoms with Crippen LogP contribution in [-0.2, 0) is 5.41 Å². The average molecular weight is 306 g/mol. The minimum Gasteiger partial charge on any atom is -0.369 e. The fraction of sp³-hybridized carbons (Fsp3) is 0.286. The van der Waals surface area contributed by atoms with Crippen LogP contribution in [0.4, 0.5) is 5.82 Å². The highest BCUT2D eigenvalue weighted by Gasteiger charge is 2.20. The van der Waals surface area contributed by atoms with Crippen molar-refractivity contribution < 1.29 is 0 Å². The van der Waals surface area contributed by atoms with Crippen molar-refractivity contribution in [2.24, 2.45) is 0 Å². The smallest absolute Gasteiger partial charge is 0.125 e. The largest absolute Gasteiger partial charge is 0.369 e. The maximum absolute atomic E-state index is 4.30. The lowest BCUT2D eigenvalue weighted by atomic mass is 9.85. The van der Waals surface area contributed by atoms with Gasteiger partial charge in [-0.1, -0.05) is 13.8 Å². The van der Waals surface area contributed by atoms with Gasteiger partial charge in [0.25, 0.3) is 0 Å². The summed E-state index contributed by atoms with van der Waals surface area (Å²) in [6, 6.07) is 8.05. The fourth-order valence-corrected chi connectivity index (χ4v) is 1.93. The number of nitrogens with one attached hydrogen (secondary N) is 1. The monoisotopic (exact) mass is 305 g/mol. The van der Waals surface area contributed by atoms with E-state index < -0.39 is 0 Å². The minimum absolute atomic E-state index is 0.0394. The van der Waals surface area contributed by atoms with Gasteiger partial charge in [-0.3, -0.25) is 4.98 Å². The lowest BCUT2D eigenvalue weighted by molar-refractivity contribution is 0.555. The summed E-state index contributed by atoms with van der Waals surface area (Å²) in [4.78, 5) is 8.35. The number of pyridine rings is 2. The Morgan fingerprint density at radius 3 is 2.50 bits per heavy atom. The van der Waals surface area contributed by atoms with Crippen LogP contribution in [0.1, 0.15) is 19.4 Å². The van der Waals surface area contributed by atoms with E-state index in [4.69, 9.17) is 0 Å². The van der Waals surface area contributed by atoms with E-state index in [1.54, 1.807) is 6.20 Å². The van der Waals surface area contributed by atoms with E-state index >= 15 is 0 Å². The molecule has 2 heterocycles. The number of hydrogen-bond acceptors (Lipinski definition) is 3. The van der Waals surface area contributed by atoms with Crippen molar-refractivity contribution in [1.29, 1.82) is 0 Å². The van der Waals surface area contributed by atoms with Crippen LogP contribution in [-0.4, -0.2) is 16.5 Å². The summed E-state index contributed by atoms with van der Waals surface area (Å²) in [5.74, 6) is 0.889. The highest BCUT2D eigenvalue weighted by molar-refractivity contribution is 9.10. The van der Waals surface area contributed by atoms with Crippen molar-refractivity contribution in [3.63, 3.8) is 0 Å². The third kappa shape index (κ3) is 3.29. The van der Waals surface area contributed by atoms with Gasteiger partial charge in [0.05, 0.1) is 0 Å². The summed E-state index contributed by atoms with van der Waals surface area (Å²) in [5.41, 5.74) is 1.31. The second-order valence-electron chi connectivity index (χ2n) is 4.83. The van der Waals surface area contributed by atoms with Gasteiger partial charge in [-0.15, -0.1) is 0 Å². The highest BCUT2D eigenvalue weighted by Crippen LogP contribution is 2.22. The molecule has 0 fully saturated rings. The number of nitrogens with zero attached hydrogens (tertiary/aromatic N) is 2. The molecule has 0 aliphatic carbocycles. The Bertz CT molecular complexity index is 494. The lowest BCUT2D eigenvalue weighted by Gasteiger charge is -2.25. The van der Waals surface area contributed by atoms with E-state index in [1.165, 1.54) is 5.56 Å². The summed E-state index contributed by atoms with van der Waals surface area (Å²) in [6.07, 6.45) is 5.45. The van der Waals surface area contributed by atoms with E-state index in [1.807, 2.05) is 24.5 Å². The quantitative estimate of drug-likeness (QED) is 0.937. The van der Waals surface area contributed by atoms with Crippen LogP contribution >= 0.6 is 15.9 Å². The molecule has 0 saturated heterocycles. The normalized spacial score (nSPS) is 11.3. The van der Waals surface area contributed by atoms with Gasteiger partial charge in [0.15, 0.2) is 0 Å². The first-order valence-electron chi connectivity index (χ1n) is 5.84. The Labute approximate surface area is 116 Å². The average Bonchev–Trinajstić information content (AvgIpc) is 2.39. The molecular formula is C14H16BrN3. The van der Waals surface area contributed by atoms with E-state index in [0.29, 0.717) is 0 Å². The molecular weight excluding hydrogens is 290 g/mol. The van der Waals surface area contributed by atoms with Crippen molar-refractivity contribution in [3.8, 4) is 0 Å². The molecule has 18 heavy (non-hydrogen) atoms. The predicted molar refractivity (Wildman–Crippen MR) is 77.7 cm³/mol. The Balaban J connectivity index is 2.03. The fourth-order valence-electron chi connectivity index (χ4n) is 1.70. The number of aromatic nitrogens is 2. The molecule has 4 heteroatoms. The first-order valence-corrected chi connectivity index (χ1v) is 6.63. The highest BCUT2D eigenvalue weighted by atomic mass is 79.9. The maximum Gasteiger partial charge on any atom is 0.125 e. The van der Waals surface area contributed by atoms with Gasteiger partial charge in [-0.25, -0.2) is 4.98 Å². The zero-order valence-corrected chi connectivity index (χ0v) is 12.1. The third-order valence-electron chi connectivity index (χ3n) is 2.90. The van der Waals surface area contributed by atoms with Crippen molar-refractivity contribution in [3.05, 3.63) is 52.9 Å². The van der Waals surface area contributed by atoms with Crippen LogP contribution < -0.4 is 5.32 Å². The molecule has 0 spiro atoms. The number of hydrogen-bond donors (Lipinski definition) is 1. The lowest BCUT2D eigenvalue weighted by Crippen LogP contribution is -2.27. The molecule has 2 rings (SSSR count). The molecule has 0 aromatic carbocycles. The second-order valence-corrected chi connectivity index (χ2v) is 5.75. The van der Waals surface area contributed by atoms with E-state index in [9.17, 15) is 0 Å². The molecule has 1 N–H and O–H groups in total. The summed E-state index contributed by atoms with van der Waals surface area (Å²) < 4.78 is 0.987. The van der Waals surface area contributed by atoms with Crippen LogP contribution in [0.15, 0.2) is 47.3 Å². The summed E-state index contributed by atoms with van der Waals surface area (Å²) in [7, 11) is 0. The molecule has 94 valence electrons. The van der Waals surface area contributed by atoms with Crippen LogP contribution in [0.2, 0.25) is 0 Å². The van der Waals surface area contributed by atoms with Gasteiger partial charge in [0, 0.05) is 35.0 Å². The third-order valence-corrected chi connectivity index (χ3v) is 3.37. The van der Waals surface area contributed by atoms with Crippen LogP contribution in [0.3, 0.4) is 0 Å². The van der Waals surface area contributed by atoms with Gasteiger partial charge in [-0.05, 0) is 45.8 Å². The van der Waals surface area contributed by atoms with E-state index in [-0.39, 0.29) is 5.41 Å². The molecule has 2 aromatic rings.